The molecule has 2 aliphatic heterocycles. The van der Waals surface area contributed by atoms with E-state index in [0.29, 0.717) is 23.8 Å². The van der Waals surface area contributed by atoms with Gasteiger partial charge in [-0.3, -0.25) is 5.32 Å². The normalized spacial score (nSPS) is 21.6. The number of hydrogen-bond donors (Lipinski definition) is 1. The zero-order chi connectivity index (χ0) is 37.0. The van der Waals surface area contributed by atoms with Crippen LogP contribution in [0.25, 0.3) is 0 Å². The van der Waals surface area contributed by atoms with E-state index in [9.17, 15) is 31.2 Å². The van der Waals surface area contributed by atoms with E-state index in [1.54, 1.807) is 20.8 Å². The molecule has 0 unspecified atom stereocenters. The van der Waals surface area contributed by atoms with E-state index in [-0.39, 0.29) is 23.6 Å². The molecule has 1 saturated heterocycles. The number of hydrogen-bond acceptors (Lipinski definition) is 10. The average Bonchev–Trinajstić information content (AvgIpc) is 3.18. The summed E-state index contributed by atoms with van der Waals surface area (Å²) >= 11 is 0. The number of nitrogens with one attached hydrogen (secondary N) is 1. The van der Waals surface area contributed by atoms with Gasteiger partial charge in [0.15, 0.2) is 11.5 Å². The first kappa shape index (κ1) is 40.9. The number of cyclic esters (lactones) is 1. The lowest BCUT2D eigenvalue weighted by Gasteiger charge is -2.32. The van der Waals surface area contributed by atoms with Gasteiger partial charge in [-0.15, -0.1) is 6.58 Å². The Kier molecular flexibility index (Phi) is 12.8. The lowest BCUT2D eigenvalue weighted by molar-refractivity contribution is -0.148. The maximum absolute atomic E-state index is 12.7. The molecule has 11 nitrogen and oxygen atoms in total. The molecular weight excluding hydrogens is 659 g/mol. The van der Waals surface area contributed by atoms with Gasteiger partial charge in [-0.05, 0) is 52.9 Å². The third-order valence-electron chi connectivity index (χ3n) is 7.00. The van der Waals surface area contributed by atoms with Crippen molar-refractivity contribution in [1.82, 2.24) is 0 Å². The van der Waals surface area contributed by atoms with Gasteiger partial charge in [0.05, 0.1) is 17.9 Å². The molecule has 48 heavy (non-hydrogen) atoms. The molecule has 0 aromatic heterocycles. The Bertz CT molecular complexity index is 1460. The number of esters is 1. The molecular formula is C33H48F3NO10S. The van der Waals surface area contributed by atoms with E-state index in [1.165, 1.54) is 13.8 Å². The number of carbonyl (C=O) groups is 2. The van der Waals surface area contributed by atoms with E-state index in [0.717, 1.165) is 12.5 Å². The summed E-state index contributed by atoms with van der Waals surface area (Å²) in [6, 6.07) is 1.80. The fourth-order valence-corrected chi connectivity index (χ4v) is 4.96. The summed E-state index contributed by atoms with van der Waals surface area (Å²) in [6.07, 6.45) is 6.57. The highest BCUT2D eigenvalue weighted by Gasteiger charge is 2.50. The first-order chi connectivity index (χ1) is 21.7. The van der Waals surface area contributed by atoms with Crippen molar-refractivity contribution in [2.24, 2.45) is 17.8 Å². The number of rotatable bonds is 9. The van der Waals surface area contributed by atoms with Crippen LogP contribution in [-0.2, 0) is 29.1 Å². The van der Waals surface area contributed by atoms with Gasteiger partial charge < -0.3 is 27.9 Å². The molecule has 1 aromatic rings. The van der Waals surface area contributed by atoms with E-state index in [2.05, 4.69) is 55.9 Å². The van der Waals surface area contributed by atoms with Crippen molar-refractivity contribution in [1.29, 1.82) is 0 Å². The Balaban J connectivity index is 0.000000365. The van der Waals surface area contributed by atoms with Crippen molar-refractivity contribution >= 4 is 27.9 Å². The zero-order valence-electron chi connectivity index (χ0n) is 29.3. The number of benzene rings is 1. The fraction of sp³-hybridized carbons (Fsp3) is 0.636. The Morgan fingerprint density at radius 2 is 1.62 bits per heavy atom. The van der Waals surface area contributed by atoms with Crippen LogP contribution in [0.5, 0.6) is 11.5 Å². The van der Waals surface area contributed by atoms with Crippen molar-refractivity contribution in [2.45, 2.75) is 117 Å². The number of amides is 1. The van der Waals surface area contributed by atoms with Gasteiger partial charge >= 0.3 is 27.7 Å². The summed E-state index contributed by atoms with van der Waals surface area (Å²) in [6.45, 7) is 24.1. The van der Waals surface area contributed by atoms with Crippen LogP contribution in [0.3, 0.4) is 0 Å². The molecule has 3 rings (SSSR count). The largest absolute Gasteiger partial charge is 0.534 e. The van der Waals surface area contributed by atoms with Crippen molar-refractivity contribution < 1.29 is 59.0 Å². The van der Waals surface area contributed by atoms with E-state index in [4.69, 9.17) is 23.7 Å². The quantitative estimate of drug-likeness (QED) is 0.116. The van der Waals surface area contributed by atoms with E-state index >= 15 is 0 Å². The molecule has 15 heteroatoms. The van der Waals surface area contributed by atoms with Gasteiger partial charge in [-0.25, -0.2) is 9.59 Å². The van der Waals surface area contributed by atoms with Gasteiger partial charge in [0, 0.05) is 31.9 Å². The number of halogens is 3. The molecule has 0 saturated carbocycles. The molecule has 0 radical (unpaired) electrons. The molecule has 0 aliphatic carbocycles. The van der Waals surface area contributed by atoms with Crippen LogP contribution in [0, 0.1) is 17.8 Å². The van der Waals surface area contributed by atoms with Crippen molar-refractivity contribution in [3.63, 3.8) is 0 Å². The van der Waals surface area contributed by atoms with Gasteiger partial charge in [-0.1, -0.05) is 45.9 Å². The van der Waals surface area contributed by atoms with Crippen LogP contribution in [0.1, 0.15) is 92.9 Å². The smallest absolute Gasteiger partial charge is 0.452 e. The van der Waals surface area contributed by atoms with Crippen LogP contribution in [0.15, 0.2) is 36.9 Å². The first-order valence-electron chi connectivity index (χ1n) is 15.4. The molecule has 1 N–H and O–H groups in total. The fourth-order valence-electron chi connectivity index (χ4n) is 4.49. The summed E-state index contributed by atoms with van der Waals surface area (Å²) in [4.78, 5) is 24.1. The van der Waals surface area contributed by atoms with Crippen LogP contribution < -0.4 is 14.2 Å². The predicted octanol–water partition coefficient (Wildman–Crippen LogP) is 8.11. The Morgan fingerprint density at radius 3 is 2.15 bits per heavy atom. The number of carbonyl (C=O) groups excluding carboxylic acids is 2. The average molecular weight is 708 g/mol. The Labute approximate surface area is 281 Å². The standard InChI is InChI=1S/C17H30O2.C16H18F3NO8S/c1-8-9-15-16(19-17(6,7)18-15)14(5)11-10-13(4)12(2)3;1-14(2,3)27-13(22)20-8-6-9-11(12(21)26-15(4,5)25-9)10(7-8)28-29(23,24)16(17,18)19/h8,10-16H,1,9H2,2-7H3;6-7H,1-5H3,(H,20,22)/b11-10-;/t13-,14-,15+,16-;/m1./s1. The summed E-state index contributed by atoms with van der Waals surface area (Å²) in [5, 5.41) is 2.21. The van der Waals surface area contributed by atoms with Crippen molar-refractivity contribution in [2.75, 3.05) is 5.32 Å². The molecule has 4 atom stereocenters. The van der Waals surface area contributed by atoms with Crippen LogP contribution in [0.4, 0.5) is 23.7 Å². The predicted molar refractivity (Wildman–Crippen MR) is 173 cm³/mol. The second kappa shape index (κ2) is 15.1. The third-order valence-corrected chi connectivity index (χ3v) is 7.97. The minimum absolute atomic E-state index is 0.113. The Morgan fingerprint density at radius 1 is 1.02 bits per heavy atom. The topological polar surface area (TPSA) is 136 Å². The summed E-state index contributed by atoms with van der Waals surface area (Å²) < 4.78 is 92.4. The second-order valence-corrected chi connectivity index (χ2v) is 15.4. The number of alkyl halides is 3. The first-order valence-corrected chi connectivity index (χ1v) is 16.8. The Hall–Kier alpha value is -3.30. The van der Waals surface area contributed by atoms with Gasteiger partial charge in [0.1, 0.15) is 16.9 Å². The SMILES string of the molecule is C=CC[C@@H]1OC(C)(C)O[C@@H]1[C@H](C)/C=C\[C@@H](C)C(C)C.CC(C)(C)OC(=O)Nc1cc2c(c(OS(=O)(=O)C(F)(F)F)c1)C(=O)OC(C)(C)O2. The summed E-state index contributed by atoms with van der Waals surface area (Å²) in [5.41, 5.74) is -7.57. The van der Waals surface area contributed by atoms with Crippen LogP contribution in [0.2, 0.25) is 0 Å². The highest BCUT2D eigenvalue weighted by atomic mass is 32.2. The zero-order valence-corrected chi connectivity index (χ0v) is 30.1. The highest BCUT2D eigenvalue weighted by molar-refractivity contribution is 7.88. The minimum atomic E-state index is -6.12. The van der Waals surface area contributed by atoms with Gasteiger partial charge in [0.2, 0.25) is 5.79 Å². The van der Waals surface area contributed by atoms with Crippen LogP contribution in [-0.4, -0.2) is 55.4 Å². The number of anilines is 1. The van der Waals surface area contributed by atoms with Gasteiger partial charge in [-0.2, -0.15) is 21.6 Å². The number of allylic oxidation sites excluding steroid dienone is 1. The molecule has 0 spiro atoms. The van der Waals surface area contributed by atoms with Crippen molar-refractivity contribution in [3.05, 3.63) is 42.5 Å². The van der Waals surface area contributed by atoms with Gasteiger partial charge in [0.25, 0.3) is 0 Å². The van der Waals surface area contributed by atoms with E-state index in [1.807, 2.05) is 19.9 Å². The highest BCUT2D eigenvalue weighted by Crippen LogP contribution is 2.42. The molecule has 2 heterocycles. The van der Waals surface area contributed by atoms with Crippen LogP contribution >= 0.6 is 0 Å². The summed E-state index contributed by atoms with van der Waals surface area (Å²) in [5.74, 6) is -2.93. The molecule has 0 bridgehead atoms. The third kappa shape index (κ3) is 11.7. The molecule has 1 aromatic carbocycles. The lowest BCUT2D eigenvalue weighted by atomic mass is 9.93. The maximum atomic E-state index is 12.7. The lowest BCUT2D eigenvalue weighted by Crippen LogP contribution is -2.39. The maximum Gasteiger partial charge on any atom is 0.534 e. The molecule has 1 fully saturated rings. The monoisotopic (exact) mass is 707 g/mol. The molecule has 2 aliphatic rings. The number of ether oxygens (including phenoxy) is 5. The summed E-state index contributed by atoms with van der Waals surface area (Å²) in [7, 11) is -6.12. The molecule has 272 valence electrons. The van der Waals surface area contributed by atoms with Crippen molar-refractivity contribution in [3.8, 4) is 11.5 Å². The van der Waals surface area contributed by atoms with E-state index < -0.39 is 56.2 Å². The number of fused-ring (bicyclic) bond motifs is 1. The minimum Gasteiger partial charge on any atom is -0.452 e. The second-order valence-electron chi connectivity index (χ2n) is 13.9. The molecule has 1 amide bonds.